The summed E-state index contributed by atoms with van der Waals surface area (Å²) in [6.45, 7) is 5.71. The lowest BCUT2D eigenvalue weighted by molar-refractivity contribution is -0.00498. The number of halogens is 1. The molecule has 7 heteroatoms. The fraction of sp³-hybridized carbons (Fsp3) is 0.727. The number of hydrazine groups is 1. The molecule has 0 aromatic carbocycles. The van der Waals surface area contributed by atoms with Crippen LogP contribution < -0.4 is 11.3 Å². The molecule has 3 N–H and O–H groups in total. The molecule has 0 amide bonds. The third kappa shape index (κ3) is 2.00. The summed E-state index contributed by atoms with van der Waals surface area (Å²) in [5, 5.41) is 4.28. The average Bonchev–Trinajstić information content (AvgIpc) is 2.73. The summed E-state index contributed by atoms with van der Waals surface area (Å²) in [5.41, 5.74) is 4.10. The van der Waals surface area contributed by atoms with Crippen molar-refractivity contribution in [2.24, 2.45) is 12.9 Å². The molecule has 2 atom stereocenters. The Morgan fingerprint density at radius 2 is 2.17 bits per heavy atom. The highest BCUT2D eigenvalue weighted by atomic mass is 79.9. The zero-order chi connectivity index (χ0) is 12.7. The largest absolute Gasteiger partial charge is 0.299 e. The minimum atomic E-state index is 0.106. The SMILES string of the molecule is Cn1ncc(Br)c1C(NN)C1CN2CCN1CC2. The van der Waals surface area contributed by atoms with Crippen LogP contribution in [0, 0.1) is 0 Å². The smallest absolute Gasteiger partial charge is 0.0807 e. The maximum absolute atomic E-state index is 5.81. The summed E-state index contributed by atoms with van der Waals surface area (Å²) < 4.78 is 2.92. The van der Waals surface area contributed by atoms with Crippen LogP contribution in [0.4, 0.5) is 0 Å². The maximum Gasteiger partial charge on any atom is 0.0807 e. The van der Waals surface area contributed by atoms with E-state index in [2.05, 4.69) is 36.3 Å². The van der Waals surface area contributed by atoms with E-state index >= 15 is 0 Å². The molecular formula is C11H19BrN6. The van der Waals surface area contributed by atoms with Crippen LogP contribution in [-0.2, 0) is 7.05 Å². The number of hydrogen-bond acceptors (Lipinski definition) is 5. The van der Waals surface area contributed by atoms with Gasteiger partial charge in [0.05, 0.1) is 22.4 Å². The van der Waals surface area contributed by atoms with Crippen LogP contribution in [0.2, 0.25) is 0 Å². The summed E-state index contributed by atoms with van der Waals surface area (Å²) in [7, 11) is 1.96. The van der Waals surface area contributed by atoms with Gasteiger partial charge in [-0.25, -0.2) is 5.43 Å². The molecule has 3 aliphatic rings. The van der Waals surface area contributed by atoms with Gasteiger partial charge in [0.1, 0.15) is 0 Å². The minimum absolute atomic E-state index is 0.106. The van der Waals surface area contributed by atoms with Crippen LogP contribution in [-0.4, -0.2) is 58.3 Å². The number of aromatic nitrogens is 2. The minimum Gasteiger partial charge on any atom is -0.299 e. The van der Waals surface area contributed by atoms with Crippen LogP contribution in [0.3, 0.4) is 0 Å². The highest BCUT2D eigenvalue weighted by molar-refractivity contribution is 9.10. The highest BCUT2D eigenvalue weighted by Crippen LogP contribution is 2.30. The van der Waals surface area contributed by atoms with E-state index in [4.69, 9.17) is 5.84 Å². The standard InChI is InChI=1S/C11H19BrN6/c1-16-11(8(12)6-14-16)10(15-13)9-7-17-2-4-18(9)5-3-17/h6,9-10,15H,2-5,7,13H2,1H3. The number of fused-ring (bicyclic) bond motifs is 3. The number of nitrogens with two attached hydrogens (primary N) is 1. The first-order valence-corrected chi connectivity index (χ1v) is 7.10. The van der Waals surface area contributed by atoms with Gasteiger partial charge in [-0.15, -0.1) is 0 Å². The van der Waals surface area contributed by atoms with Crippen molar-refractivity contribution in [1.82, 2.24) is 25.0 Å². The number of piperazine rings is 3. The Balaban J connectivity index is 1.89. The molecule has 3 fully saturated rings. The summed E-state index contributed by atoms with van der Waals surface area (Å²) >= 11 is 3.57. The highest BCUT2D eigenvalue weighted by Gasteiger charge is 2.38. The maximum atomic E-state index is 5.81. The van der Waals surface area contributed by atoms with E-state index in [9.17, 15) is 0 Å². The van der Waals surface area contributed by atoms with E-state index in [1.54, 1.807) is 0 Å². The molecule has 100 valence electrons. The Morgan fingerprint density at radius 3 is 2.61 bits per heavy atom. The van der Waals surface area contributed by atoms with Crippen LogP contribution in [0.15, 0.2) is 10.7 Å². The van der Waals surface area contributed by atoms with Gasteiger partial charge < -0.3 is 0 Å². The molecule has 0 radical (unpaired) electrons. The molecule has 6 nitrogen and oxygen atoms in total. The van der Waals surface area contributed by atoms with Crippen molar-refractivity contribution >= 4 is 15.9 Å². The summed E-state index contributed by atoms with van der Waals surface area (Å²) in [6.07, 6.45) is 1.83. The lowest BCUT2D eigenvalue weighted by atomic mass is 9.98. The quantitative estimate of drug-likeness (QED) is 0.592. The van der Waals surface area contributed by atoms with Gasteiger partial charge in [-0.3, -0.25) is 20.3 Å². The predicted molar refractivity (Wildman–Crippen MR) is 72.8 cm³/mol. The van der Waals surface area contributed by atoms with Gasteiger partial charge in [0.15, 0.2) is 0 Å². The molecule has 0 saturated carbocycles. The fourth-order valence-electron chi connectivity index (χ4n) is 3.12. The molecule has 2 bridgehead atoms. The fourth-order valence-corrected chi connectivity index (χ4v) is 3.71. The Labute approximate surface area is 115 Å². The van der Waals surface area contributed by atoms with Gasteiger partial charge in [-0.2, -0.15) is 5.10 Å². The van der Waals surface area contributed by atoms with Crippen LogP contribution >= 0.6 is 15.9 Å². The number of rotatable bonds is 3. The average molecular weight is 315 g/mol. The summed E-state index contributed by atoms with van der Waals surface area (Å²) in [4.78, 5) is 5.04. The summed E-state index contributed by atoms with van der Waals surface area (Å²) in [6, 6.07) is 0.527. The Hall–Kier alpha value is -0.470. The van der Waals surface area contributed by atoms with Crippen molar-refractivity contribution in [3.8, 4) is 0 Å². The van der Waals surface area contributed by atoms with Crippen LogP contribution in [0.1, 0.15) is 11.7 Å². The number of nitrogens with one attached hydrogen (secondary N) is 1. The van der Waals surface area contributed by atoms with Gasteiger partial charge >= 0.3 is 0 Å². The molecule has 18 heavy (non-hydrogen) atoms. The van der Waals surface area contributed by atoms with Gasteiger partial charge in [0.25, 0.3) is 0 Å². The van der Waals surface area contributed by atoms with E-state index < -0.39 is 0 Å². The van der Waals surface area contributed by atoms with Crippen molar-refractivity contribution in [2.75, 3.05) is 32.7 Å². The second-order valence-corrected chi connectivity index (χ2v) is 5.90. The third-order valence-corrected chi connectivity index (χ3v) is 4.73. The monoisotopic (exact) mass is 314 g/mol. The van der Waals surface area contributed by atoms with E-state index in [1.807, 2.05) is 17.9 Å². The van der Waals surface area contributed by atoms with Crippen LogP contribution in [0.5, 0.6) is 0 Å². The first-order chi connectivity index (χ1) is 8.70. The van der Waals surface area contributed by atoms with Crippen molar-refractivity contribution in [1.29, 1.82) is 0 Å². The molecule has 1 aromatic rings. The van der Waals surface area contributed by atoms with Gasteiger partial charge in [-0.1, -0.05) is 0 Å². The van der Waals surface area contributed by atoms with Gasteiger partial charge in [-0.05, 0) is 15.9 Å². The number of aryl methyl sites for hydroxylation is 1. The first-order valence-electron chi connectivity index (χ1n) is 6.30. The topological polar surface area (TPSA) is 62.4 Å². The lowest BCUT2D eigenvalue weighted by Crippen LogP contribution is -2.64. The van der Waals surface area contributed by atoms with Crippen molar-refractivity contribution in [3.05, 3.63) is 16.4 Å². The number of nitrogens with zero attached hydrogens (tertiary/aromatic N) is 4. The molecule has 4 heterocycles. The molecule has 3 aliphatic heterocycles. The van der Waals surface area contributed by atoms with E-state index in [1.165, 1.54) is 13.1 Å². The molecular weight excluding hydrogens is 296 g/mol. The zero-order valence-corrected chi connectivity index (χ0v) is 12.1. The van der Waals surface area contributed by atoms with Crippen molar-refractivity contribution in [3.63, 3.8) is 0 Å². The molecule has 0 spiro atoms. The Morgan fingerprint density at radius 1 is 1.44 bits per heavy atom. The second-order valence-electron chi connectivity index (χ2n) is 5.05. The zero-order valence-electron chi connectivity index (χ0n) is 10.5. The molecule has 2 unspecified atom stereocenters. The molecule has 1 aromatic heterocycles. The summed E-state index contributed by atoms with van der Waals surface area (Å²) in [5.74, 6) is 5.81. The Kier molecular flexibility index (Phi) is 3.42. The van der Waals surface area contributed by atoms with E-state index in [-0.39, 0.29) is 6.04 Å². The van der Waals surface area contributed by atoms with E-state index in [0.717, 1.165) is 29.8 Å². The second kappa shape index (κ2) is 4.90. The first kappa shape index (κ1) is 12.6. The lowest BCUT2D eigenvalue weighted by Gasteiger charge is -2.49. The predicted octanol–water partition coefficient (Wildman–Crippen LogP) is -0.313. The normalized spacial score (nSPS) is 32.7. The Bertz CT molecular complexity index is 406. The third-order valence-electron chi connectivity index (χ3n) is 4.12. The molecule has 0 aliphatic carbocycles. The number of hydrogen-bond donors (Lipinski definition) is 2. The van der Waals surface area contributed by atoms with Gasteiger partial charge in [0.2, 0.25) is 0 Å². The molecule has 4 rings (SSSR count). The van der Waals surface area contributed by atoms with Crippen molar-refractivity contribution < 1.29 is 0 Å². The molecule has 3 saturated heterocycles. The van der Waals surface area contributed by atoms with Crippen LogP contribution in [0.25, 0.3) is 0 Å². The van der Waals surface area contributed by atoms with Gasteiger partial charge in [0, 0.05) is 45.8 Å². The van der Waals surface area contributed by atoms with E-state index in [0.29, 0.717) is 6.04 Å². The van der Waals surface area contributed by atoms with Crippen molar-refractivity contribution in [2.45, 2.75) is 12.1 Å².